The van der Waals surface area contributed by atoms with E-state index in [2.05, 4.69) is 46.6 Å². The summed E-state index contributed by atoms with van der Waals surface area (Å²) in [4.78, 5) is 1.55. The summed E-state index contributed by atoms with van der Waals surface area (Å²) < 4.78 is 0. The molecule has 2 rings (SSSR count). The van der Waals surface area contributed by atoms with E-state index in [0.29, 0.717) is 13.1 Å². The van der Waals surface area contributed by atoms with Crippen LogP contribution in [0.15, 0.2) is 24.3 Å². The molecular formula is C13H19N5. The van der Waals surface area contributed by atoms with Crippen molar-refractivity contribution in [1.29, 1.82) is 0 Å². The van der Waals surface area contributed by atoms with E-state index in [1.165, 1.54) is 11.1 Å². The molecular weight excluding hydrogens is 226 g/mol. The van der Waals surface area contributed by atoms with Crippen molar-refractivity contribution in [1.82, 2.24) is 20.2 Å². The quantitative estimate of drug-likeness (QED) is 0.823. The Morgan fingerprint density at radius 1 is 1.11 bits per heavy atom. The molecule has 0 bridgehead atoms. The summed E-state index contributed by atoms with van der Waals surface area (Å²) in [6.45, 7) is 3.32. The molecule has 0 saturated heterocycles. The van der Waals surface area contributed by atoms with Crippen LogP contribution in [0.1, 0.15) is 23.9 Å². The lowest BCUT2D eigenvalue weighted by Gasteiger charge is -2.00. The lowest BCUT2D eigenvalue weighted by atomic mass is 10.1. The monoisotopic (exact) mass is 245 g/mol. The molecule has 5 nitrogen and oxygen atoms in total. The molecule has 0 unspecified atom stereocenters. The first kappa shape index (κ1) is 12.7. The van der Waals surface area contributed by atoms with E-state index >= 15 is 0 Å². The Kier molecular flexibility index (Phi) is 4.41. The fraction of sp³-hybridized carbons (Fsp3) is 0.462. The molecule has 2 aromatic rings. The highest BCUT2D eigenvalue weighted by atomic mass is 15.6. The molecule has 0 atom stereocenters. The minimum absolute atomic E-state index is 0.536. The molecule has 0 aliphatic heterocycles. The van der Waals surface area contributed by atoms with Crippen molar-refractivity contribution in [3.05, 3.63) is 41.2 Å². The zero-order valence-electron chi connectivity index (χ0n) is 10.7. The van der Waals surface area contributed by atoms with Gasteiger partial charge in [0, 0.05) is 13.0 Å². The van der Waals surface area contributed by atoms with Crippen molar-refractivity contribution in [2.75, 3.05) is 6.54 Å². The molecule has 0 radical (unpaired) electrons. The number of rotatable bonds is 6. The van der Waals surface area contributed by atoms with Crippen LogP contribution in [-0.2, 0) is 25.8 Å². The van der Waals surface area contributed by atoms with Gasteiger partial charge < -0.3 is 5.73 Å². The molecule has 0 saturated carbocycles. The van der Waals surface area contributed by atoms with Gasteiger partial charge in [-0.05, 0) is 29.2 Å². The Morgan fingerprint density at radius 2 is 1.83 bits per heavy atom. The third-order valence-corrected chi connectivity index (χ3v) is 2.89. The largest absolute Gasteiger partial charge is 0.329 e. The van der Waals surface area contributed by atoms with Crippen molar-refractivity contribution in [3.8, 4) is 0 Å². The van der Waals surface area contributed by atoms with Gasteiger partial charge in [0.1, 0.15) is 0 Å². The number of nitrogens with zero attached hydrogens (tertiary/aromatic N) is 4. The van der Waals surface area contributed by atoms with Crippen LogP contribution in [-0.4, -0.2) is 26.8 Å². The van der Waals surface area contributed by atoms with Crippen molar-refractivity contribution < 1.29 is 0 Å². The topological polar surface area (TPSA) is 69.6 Å². The number of aryl methyl sites for hydroxylation is 3. The van der Waals surface area contributed by atoms with Crippen LogP contribution in [0.3, 0.4) is 0 Å². The Labute approximate surface area is 107 Å². The number of tetrazole rings is 1. The van der Waals surface area contributed by atoms with Gasteiger partial charge >= 0.3 is 0 Å². The fourth-order valence-electron chi connectivity index (χ4n) is 1.78. The van der Waals surface area contributed by atoms with Gasteiger partial charge in [0.15, 0.2) is 5.82 Å². The highest BCUT2D eigenvalue weighted by Crippen LogP contribution is 2.07. The van der Waals surface area contributed by atoms with Crippen molar-refractivity contribution >= 4 is 0 Å². The molecule has 0 spiro atoms. The minimum Gasteiger partial charge on any atom is -0.329 e. The van der Waals surface area contributed by atoms with E-state index in [-0.39, 0.29) is 0 Å². The first-order chi connectivity index (χ1) is 8.81. The van der Waals surface area contributed by atoms with E-state index < -0.39 is 0 Å². The van der Waals surface area contributed by atoms with Gasteiger partial charge in [-0.2, -0.15) is 4.80 Å². The van der Waals surface area contributed by atoms with E-state index in [0.717, 1.165) is 25.1 Å². The number of hydrogen-bond donors (Lipinski definition) is 1. The second-order valence-corrected chi connectivity index (χ2v) is 4.26. The van der Waals surface area contributed by atoms with E-state index in [1.54, 1.807) is 4.80 Å². The molecule has 18 heavy (non-hydrogen) atoms. The van der Waals surface area contributed by atoms with Crippen LogP contribution in [0.4, 0.5) is 0 Å². The smallest absolute Gasteiger partial charge is 0.175 e. The van der Waals surface area contributed by atoms with Gasteiger partial charge in [0.2, 0.25) is 0 Å². The summed E-state index contributed by atoms with van der Waals surface area (Å²) >= 11 is 0. The molecule has 0 fully saturated rings. The molecule has 1 heterocycles. The van der Waals surface area contributed by atoms with Gasteiger partial charge in [-0.1, -0.05) is 31.2 Å². The highest BCUT2D eigenvalue weighted by Gasteiger charge is 2.03. The van der Waals surface area contributed by atoms with Crippen molar-refractivity contribution in [2.45, 2.75) is 32.7 Å². The second-order valence-electron chi connectivity index (χ2n) is 4.26. The van der Waals surface area contributed by atoms with Crippen LogP contribution in [0.2, 0.25) is 0 Å². The normalized spacial score (nSPS) is 10.8. The van der Waals surface area contributed by atoms with E-state index in [4.69, 9.17) is 5.73 Å². The van der Waals surface area contributed by atoms with Crippen LogP contribution in [0, 0.1) is 0 Å². The van der Waals surface area contributed by atoms with Crippen molar-refractivity contribution in [3.63, 3.8) is 0 Å². The molecule has 1 aromatic heterocycles. The lowest BCUT2D eigenvalue weighted by molar-refractivity contribution is 0.528. The molecule has 0 aliphatic carbocycles. The number of benzene rings is 1. The maximum Gasteiger partial charge on any atom is 0.175 e. The molecule has 2 N–H and O–H groups in total. The Morgan fingerprint density at radius 3 is 2.50 bits per heavy atom. The summed E-state index contributed by atoms with van der Waals surface area (Å²) in [5, 5.41) is 12.2. The second kappa shape index (κ2) is 6.26. The summed E-state index contributed by atoms with van der Waals surface area (Å²) in [5.74, 6) is 0.781. The molecule has 96 valence electrons. The van der Waals surface area contributed by atoms with E-state index in [9.17, 15) is 0 Å². The zero-order valence-corrected chi connectivity index (χ0v) is 10.7. The highest BCUT2D eigenvalue weighted by molar-refractivity contribution is 5.22. The van der Waals surface area contributed by atoms with Crippen LogP contribution in [0.25, 0.3) is 0 Å². The van der Waals surface area contributed by atoms with E-state index in [1.807, 2.05) is 0 Å². The molecule has 1 aromatic carbocycles. The van der Waals surface area contributed by atoms with Crippen LogP contribution < -0.4 is 5.73 Å². The zero-order chi connectivity index (χ0) is 12.8. The SMILES string of the molecule is CCc1ccc(CCc2nnn(CCN)n2)cc1. The number of nitrogens with two attached hydrogens (primary N) is 1. The van der Waals surface area contributed by atoms with Gasteiger partial charge in [-0.3, -0.25) is 0 Å². The summed E-state index contributed by atoms with van der Waals surface area (Å²) in [6, 6.07) is 8.69. The summed E-state index contributed by atoms with van der Waals surface area (Å²) in [5.41, 5.74) is 8.11. The third kappa shape index (κ3) is 3.37. The maximum atomic E-state index is 5.43. The summed E-state index contributed by atoms with van der Waals surface area (Å²) in [6.07, 6.45) is 2.84. The Hall–Kier alpha value is -1.75. The number of aromatic nitrogens is 4. The molecule has 0 amide bonds. The van der Waals surface area contributed by atoms with Crippen LogP contribution >= 0.6 is 0 Å². The average Bonchev–Trinajstić information content (AvgIpc) is 2.85. The number of hydrogen-bond acceptors (Lipinski definition) is 4. The van der Waals surface area contributed by atoms with Crippen LogP contribution in [0.5, 0.6) is 0 Å². The summed E-state index contributed by atoms with van der Waals surface area (Å²) in [7, 11) is 0. The first-order valence-electron chi connectivity index (χ1n) is 6.36. The van der Waals surface area contributed by atoms with Gasteiger partial charge in [-0.25, -0.2) is 0 Å². The first-order valence-corrected chi connectivity index (χ1v) is 6.36. The Balaban J connectivity index is 1.89. The molecule has 5 heteroatoms. The predicted molar refractivity (Wildman–Crippen MR) is 70.1 cm³/mol. The van der Waals surface area contributed by atoms with Crippen molar-refractivity contribution in [2.24, 2.45) is 5.73 Å². The maximum absolute atomic E-state index is 5.43. The predicted octanol–water partition coefficient (Wildman–Crippen LogP) is 0.979. The lowest BCUT2D eigenvalue weighted by Crippen LogP contribution is -2.12. The minimum atomic E-state index is 0.536. The van der Waals surface area contributed by atoms with Gasteiger partial charge in [0.25, 0.3) is 0 Å². The fourth-order valence-corrected chi connectivity index (χ4v) is 1.78. The standard InChI is InChI=1S/C13H19N5/c1-2-11-3-5-12(6-4-11)7-8-13-15-17-18(16-13)10-9-14/h3-6H,2,7-10,14H2,1H3. The van der Waals surface area contributed by atoms with Gasteiger partial charge in [-0.15, -0.1) is 10.2 Å². The molecule has 0 aliphatic rings. The Bertz CT molecular complexity index is 474. The van der Waals surface area contributed by atoms with Gasteiger partial charge in [0.05, 0.1) is 6.54 Å². The average molecular weight is 245 g/mol. The third-order valence-electron chi connectivity index (χ3n) is 2.89.